The smallest absolute Gasteiger partial charge is 0.341 e. The Morgan fingerprint density at radius 3 is 2.52 bits per heavy atom. The Labute approximate surface area is 174 Å². The first-order chi connectivity index (χ1) is 14.8. The molecule has 2 saturated heterocycles. The molecule has 2 bridgehead atoms. The molecule has 0 spiro atoms. The summed E-state index contributed by atoms with van der Waals surface area (Å²) in [6, 6.07) is 5.81. The van der Waals surface area contributed by atoms with Crippen LogP contribution in [0.5, 0.6) is 0 Å². The molecule has 2 atom stereocenters. The Morgan fingerprint density at radius 1 is 1.06 bits per heavy atom. The standard InChI is InChI=1S/C22H18F3N3O3/c23-12-1-3-13(4-2-12)28-11-16(22(30)31)21(29)15-9-17(24)20(18(25)19(15)28)27-8-7-26-6-5-14(27)10-26/h1-4,9,11,14H,5-8,10H2,(H,30,31). The minimum Gasteiger partial charge on any atom is -0.477 e. The summed E-state index contributed by atoms with van der Waals surface area (Å²) in [5.74, 6) is -3.89. The number of carbonyl (C=O) groups is 1. The number of nitrogens with zero attached hydrogens (tertiary/aromatic N) is 3. The van der Waals surface area contributed by atoms with Gasteiger partial charge in [0.25, 0.3) is 0 Å². The van der Waals surface area contributed by atoms with Gasteiger partial charge in [0.05, 0.1) is 10.9 Å². The highest BCUT2D eigenvalue weighted by atomic mass is 19.1. The third kappa shape index (κ3) is 3.07. The monoisotopic (exact) mass is 429 g/mol. The maximum Gasteiger partial charge on any atom is 0.341 e. The molecule has 0 radical (unpaired) electrons. The lowest BCUT2D eigenvalue weighted by Gasteiger charge is -2.36. The second-order valence-corrected chi connectivity index (χ2v) is 7.88. The third-order valence-electron chi connectivity index (χ3n) is 6.12. The number of hydrogen-bond acceptors (Lipinski definition) is 4. The van der Waals surface area contributed by atoms with E-state index in [-0.39, 0.29) is 28.3 Å². The second kappa shape index (κ2) is 7.12. The number of carboxylic acids is 1. The average Bonchev–Trinajstić information content (AvgIpc) is 3.12. The predicted octanol–water partition coefficient (Wildman–Crippen LogP) is 3.00. The molecule has 5 rings (SSSR count). The van der Waals surface area contributed by atoms with Crippen LogP contribution in [0, 0.1) is 17.5 Å². The van der Waals surface area contributed by atoms with Gasteiger partial charge in [-0.15, -0.1) is 0 Å². The highest BCUT2D eigenvalue weighted by molar-refractivity contribution is 5.94. The van der Waals surface area contributed by atoms with Crippen molar-refractivity contribution >= 4 is 22.6 Å². The Morgan fingerprint density at radius 2 is 1.81 bits per heavy atom. The molecular weight excluding hydrogens is 411 g/mol. The first-order valence-electron chi connectivity index (χ1n) is 9.90. The molecule has 1 N–H and O–H groups in total. The number of aromatic nitrogens is 1. The third-order valence-corrected chi connectivity index (χ3v) is 6.12. The van der Waals surface area contributed by atoms with Gasteiger partial charge in [0, 0.05) is 44.1 Å². The topological polar surface area (TPSA) is 65.8 Å². The van der Waals surface area contributed by atoms with Gasteiger partial charge in [0.2, 0.25) is 5.43 Å². The number of piperazine rings is 1. The molecule has 2 aromatic carbocycles. The molecule has 1 aromatic heterocycles. The van der Waals surface area contributed by atoms with Crippen molar-refractivity contribution in [2.24, 2.45) is 0 Å². The highest BCUT2D eigenvalue weighted by Crippen LogP contribution is 2.35. The van der Waals surface area contributed by atoms with Crippen molar-refractivity contribution in [1.82, 2.24) is 9.47 Å². The van der Waals surface area contributed by atoms with E-state index >= 15 is 8.78 Å². The quantitative estimate of drug-likeness (QED) is 0.694. The van der Waals surface area contributed by atoms with Crippen LogP contribution in [0.3, 0.4) is 0 Å². The predicted molar refractivity (Wildman–Crippen MR) is 109 cm³/mol. The normalized spacial score (nSPS) is 20.4. The van der Waals surface area contributed by atoms with E-state index in [1.54, 1.807) is 4.90 Å². The minimum atomic E-state index is -1.52. The minimum absolute atomic E-state index is 0.0421. The van der Waals surface area contributed by atoms with Gasteiger partial charge in [-0.3, -0.25) is 9.69 Å². The zero-order valence-electron chi connectivity index (χ0n) is 16.3. The van der Waals surface area contributed by atoms with E-state index in [9.17, 15) is 19.1 Å². The number of carboxylic acid groups (broad SMARTS) is 1. The fraction of sp³-hybridized carbons (Fsp3) is 0.273. The molecule has 9 heteroatoms. The first kappa shape index (κ1) is 19.6. The molecule has 2 aliphatic rings. The van der Waals surface area contributed by atoms with Crippen molar-refractivity contribution in [2.45, 2.75) is 12.5 Å². The van der Waals surface area contributed by atoms with Crippen LogP contribution >= 0.6 is 0 Å². The van der Waals surface area contributed by atoms with Crippen LogP contribution in [0.1, 0.15) is 16.8 Å². The van der Waals surface area contributed by atoms with Crippen molar-refractivity contribution in [3.05, 3.63) is 69.8 Å². The Kier molecular flexibility index (Phi) is 4.51. The van der Waals surface area contributed by atoms with E-state index in [2.05, 4.69) is 4.90 Å². The summed E-state index contributed by atoms with van der Waals surface area (Å²) in [7, 11) is 0. The maximum atomic E-state index is 15.9. The number of hydrogen-bond donors (Lipinski definition) is 1. The van der Waals surface area contributed by atoms with Crippen LogP contribution in [-0.4, -0.2) is 52.8 Å². The second-order valence-electron chi connectivity index (χ2n) is 7.88. The van der Waals surface area contributed by atoms with Crippen LogP contribution in [0.25, 0.3) is 16.6 Å². The molecule has 3 aromatic rings. The van der Waals surface area contributed by atoms with Crippen LogP contribution in [0.15, 0.2) is 41.3 Å². The Hall–Kier alpha value is -3.33. The SMILES string of the molecule is O=C(O)c1cn(-c2ccc(F)cc2)c2c(F)c(N3CCN4CCC3C4)c(F)cc2c1=O. The van der Waals surface area contributed by atoms with E-state index in [1.165, 1.54) is 16.7 Å². The van der Waals surface area contributed by atoms with E-state index in [1.807, 2.05) is 0 Å². The largest absolute Gasteiger partial charge is 0.477 e. The fourth-order valence-corrected chi connectivity index (χ4v) is 4.62. The summed E-state index contributed by atoms with van der Waals surface area (Å²) in [4.78, 5) is 28.2. The lowest BCUT2D eigenvalue weighted by atomic mass is 10.1. The number of benzene rings is 2. The van der Waals surface area contributed by atoms with Crippen LogP contribution in [0.2, 0.25) is 0 Å². The number of aromatic carboxylic acids is 1. The first-order valence-corrected chi connectivity index (χ1v) is 9.90. The Balaban J connectivity index is 1.82. The van der Waals surface area contributed by atoms with Crippen molar-refractivity contribution in [3.8, 4) is 5.69 Å². The summed E-state index contributed by atoms with van der Waals surface area (Å²) in [5.41, 5.74) is -1.82. The van der Waals surface area contributed by atoms with Gasteiger partial charge in [-0.25, -0.2) is 18.0 Å². The van der Waals surface area contributed by atoms with Gasteiger partial charge in [0.1, 0.15) is 22.9 Å². The molecule has 2 unspecified atom stereocenters. The van der Waals surface area contributed by atoms with Gasteiger partial charge in [-0.2, -0.15) is 0 Å². The maximum absolute atomic E-state index is 15.9. The summed E-state index contributed by atoms with van der Waals surface area (Å²) >= 11 is 0. The van der Waals surface area contributed by atoms with Crippen molar-refractivity contribution in [3.63, 3.8) is 0 Å². The van der Waals surface area contributed by atoms with Crippen LogP contribution < -0.4 is 10.3 Å². The zero-order valence-corrected chi connectivity index (χ0v) is 16.3. The van der Waals surface area contributed by atoms with E-state index in [0.29, 0.717) is 19.6 Å². The molecule has 160 valence electrons. The molecular formula is C22H18F3N3O3. The fourth-order valence-electron chi connectivity index (χ4n) is 4.62. The van der Waals surface area contributed by atoms with Gasteiger partial charge >= 0.3 is 5.97 Å². The lowest BCUT2D eigenvalue weighted by molar-refractivity contribution is 0.0695. The number of pyridine rings is 1. The van der Waals surface area contributed by atoms with E-state index in [4.69, 9.17) is 0 Å². The molecule has 6 nitrogen and oxygen atoms in total. The number of rotatable bonds is 3. The van der Waals surface area contributed by atoms with Gasteiger partial charge in [-0.1, -0.05) is 0 Å². The van der Waals surface area contributed by atoms with Crippen molar-refractivity contribution in [1.29, 1.82) is 0 Å². The van der Waals surface area contributed by atoms with Gasteiger partial charge < -0.3 is 14.6 Å². The molecule has 2 aliphatic heterocycles. The lowest BCUT2D eigenvalue weighted by Crippen LogP contribution is -2.47. The summed E-state index contributed by atoms with van der Waals surface area (Å²) in [6.45, 7) is 2.69. The molecule has 0 saturated carbocycles. The van der Waals surface area contributed by atoms with E-state index < -0.39 is 34.4 Å². The highest BCUT2D eigenvalue weighted by Gasteiger charge is 2.36. The number of halogens is 3. The summed E-state index contributed by atoms with van der Waals surface area (Å²) in [5, 5.41) is 9.05. The van der Waals surface area contributed by atoms with E-state index in [0.717, 1.165) is 37.4 Å². The van der Waals surface area contributed by atoms with Crippen LogP contribution in [0.4, 0.5) is 18.9 Å². The van der Waals surface area contributed by atoms with Gasteiger partial charge in [-0.05, 0) is 36.8 Å². The zero-order chi connectivity index (χ0) is 21.9. The Bertz CT molecular complexity index is 1270. The van der Waals surface area contributed by atoms with Gasteiger partial charge in [0.15, 0.2) is 5.82 Å². The summed E-state index contributed by atoms with van der Waals surface area (Å²) < 4.78 is 45.6. The molecule has 0 aliphatic carbocycles. The number of fused-ring (bicyclic) bond motifs is 3. The molecule has 3 heterocycles. The molecule has 31 heavy (non-hydrogen) atoms. The average molecular weight is 429 g/mol. The van der Waals surface area contributed by atoms with Crippen molar-refractivity contribution < 1.29 is 23.1 Å². The summed E-state index contributed by atoms with van der Waals surface area (Å²) in [6.07, 6.45) is 1.78. The van der Waals surface area contributed by atoms with Crippen LogP contribution in [-0.2, 0) is 0 Å². The molecule has 0 amide bonds. The molecule has 2 fully saturated rings. The number of anilines is 1. The van der Waals surface area contributed by atoms with Crippen molar-refractivity contribution in [2.75, 3.05) is 31.1 Å².